The van der Waals surface area contributed by atoms with E-state index >= 15 is 0 Å². The standard InChI is InChI=1S/C16H19IN2O4/c1-23-16(22)11-6-8-19(9-7-11)14(20)10-18-15(21)12-4-2-3-5-13(12)17/h2-5,11H,6-10H2,1H3,(H,18,21). The Morgan fingerprint density at radius 3 is 2.52 bits per heavy atom. The van der Waals surface area contributed by atoms with Gasteiger partial charge in [0, 0.05) is 16.7 Å². The molecule has 0 bridgehead atoms. The van der Waals surface area contributed by atoms with Crippen molar-refractivity contribution in [2.45, 2.75) is 12.8 Å². The van der Waals surface area contributed by atoms with Crippen LogP contribution in [0, 0.1) is 9.49 Å². The van der Waals surface area contributed by atoms with Crippen LogP contribution in [0.1, 0.15) is 23.2 Å². The maximum Gasteiger partial charge on any atom is 0.308 e. The first kappa shape index (κ1) is 17.7. The molecule has 0 aromatic heterocycles. The van der Waals surface area contributed by atoms with Crippen molar-refractivity contribution >= 4 is 40.4 Å². The van der Waals surface area contributed by atoms with E-state index in [1.165, 1.54) is 7.11 Å². The van der Waals surface area contributed by atoms with Gasteiger partial charge in [0.1, 0.15) is 0 Å². The fraction of sp³-hybridized carbons (Fsp3) is 0.438. The normalized spacial score (nSPS) is 15.1. The SMILES string of the molecule is COC(=O)C1CCN(C(=O)CNC(=O)c2ccccc2I)CC1. The number of nitrogens with one attached hydrogen (secondary N) is 1. The number of rotatable bonds is 4. The molecule has 124 valence electrons. The lowest BCUT2D eigenvalue weighted by Gasteiger charge is -2.30. The number of halogens is 1. The lowest BCUT2D eigenvalue weighted by molar-refractivity contribution is -0.148. The Kier molecular flexibility index (Phi) is 6.37. The van der Waals surface area contributed by atoms with Gasteiger partial charge >= 0.3 is 5.97 Å². The number of hydrogen-bond acceptors (Lipinski definition) is 4. The summed E-state index contributed by atoms with van der Waals surface area (Å²) in [6.45, 7) is 0.987. The van der Waals surface area contributed by atoms with E-state index in [1.54, 1.807) is 17.0 Å². The summed E-state index contributed by atoms with van der Waals surface area (Å²) in [6.07, 6.45) is 1.20. The third-order valence-electron chi connectivity index (χ3n) is 3.90. The second kappa shape index (κ2) is 8.28. The van der Waals surface area contributed by atoms with E-state index < -0.39 is 0 Å². The van der Waals surface area contributed by atoms with Crippen molar-refractivity contribution in [1.82, 2.24) is 10.2 Å². The van der Waals surface area contributed by atoms with Crippen molar-refractivity contribution in [3.05, 3.63) is 33.4 Å². The van der Waals surface area contributed by atoms with Crippen LogP contribution in [0.25, 0.3) is 0 Å². The fourth-order valence-corrected chi connectivity index (χ4v) is 3.17. The van der Waals surface area contributed by atoms with E-state index in [-0.39, 0.29) is 30.2 Å². The van der Waals surface area contributed by atoms with Gasteiger partial charge in [-0.25, -0.2) is 0 Å². The molecule has 1 aromatic carbocycles. The van der Waals surface area contributed by atoms with Crippen LogP contribution in [0.3, 0.4) is 0 Å². The largest absolute Gasteiger partial charge is 0.469 e. The Labute approximate surface area is 148 Å². The topological polar surface area (TPSA) is 75.7 Å². The predicted octanol–water partition coefficient (Wildman–Crippen LogP) is 1.43. The van der Waals surface area contributed by atoms with Gasteiger partial charge in [0.25, 0.3) is 5.91 Å². The van der Waals surface area contributed by atoms with E-state index in [9.17, 15) is 14.4 Å². The van der Waals surface area contributed by atoms with Crippen molar-refractivity contribution < 1.29 is 19.1 Å². The molecule has 0 spiro atoms. The van der Waals surface area contributed by atoms with Gasteiger partial charge in [0.15, 0.2) is 0 Å². The van der Waals surface area contributed by atoms with Crippen LogP contribution in [0.5, 0.6) is 0 Å². The maximum absolute atomic E-state index is 12.2. The van der Waals surface area contributed by atoms with Gasteiger partial charge in [0.2, 0.25) is 5.91 Å². The number of likely N-dealkylation sites (tertiary alicyclic amines) is 1. The van der Waals surface area contributed by atoms with Crippen LogP contribution in [0.4, 0.5) is 0 Å². The third-order valence-corrected chi connectivity index (χ3v) is 4.84. The number of ether oxygens (including phenoxy) is 1. The maximum atomic E-state index is 12.2. The Morgan fingerprint density at radius 2 is 1.91 bits per heavy atom. The Balaban J connectivity index is 1.81. The predicted molar refractivity (Wildman–Crippen MR) is 92.8 cm³/mol. The average molecular weight is 430 g/mol. The second-order valence-electron chi connectivity index (χ2n) is 5.34. The average Bonchev–Trinajstić information content (AvgIpc) is 2.59. The summed E-state index contributed by atoms with van der Waals surface area (Å²) in [5, 5.41) is 2.66. The molecular weight excluding hydrogens is 411 g/mol. The van der Waals surface area contributed by atoms with Gasteiger partial charge in [-0.3, -0.25) is 14.4 Å². The molecule has 1 saturated heterocycles. The number of amides is 2. The summed E-state index contributed by atoms with van der Waals surface area (Å²) in [5.41, 5.74) is 0.560. The molecule has 1 fully saturated rings. The number of nitrogens with zero attached hydrogens (tertiary/aromatic N) is 1. The van der Waals surface area contributed by atoms with Crippen molar-refractivity contribution in [1.29, 1.82) is 0 Å². The molecular formula is C16H19IN2O4. The highest BCUT2D eigenvalue weighted by Gasteiger charge is 2.27. The highest BCUT2D eigenvalue weighted by molar-refractivity contribution is 14.1. The highest BCUT2D eigenvalue weighted by atomic mass is 127. The molecule has 1 heterocycles. The highest BCUT2D eigenvalue weighted by Crippen LogP contribution is 2.18. The van der Waals surface area contributed by atoms with Crippen LogP contribution in [0.15, 0.2) is 24.3 Å². The second-order valence-corrected chi connectivity index (χ2v) is 6.50. The quantitative estimate of drug-likeness (QED) is 0.580. The molecule has 0 radical (unpaired) electrons. The number of esters is 1. The van der Waals surface area contributed by atoms with Crippen molar-refractivity contribution in [3.8, 4) is 0 Å². The van der Waals surface area contributed by atoms with Crippen LogP contribution < -0.4 is 5.32 Å². The zero-order valence-corrected chi connectivity index (χ0v) is 15.0. The number of hydrogen-bond donors (Lipinski definition) is 1. The molecule has 23 heavy (non-hydrogen) atoms. The van der Waals surface area contributed by atoms with Crippen molar-refractivity contribution in [3.63, 3.8) is 0 Å². The molecule has 1 aliphatic heterocycles. The fourth-order valence-electron chi connectivity index (χ4n) is 2.54. The summed E-state index contributed by atoms with van der Waals surface area (Å²) in [6, 6.07) is 7.21. The monoisotopic (exact) mass is 430 g/mol. The molecule has 6 nitrogen and oxygen atoms in total. The van der Waals surface area contributed by atoms with Gasteiger partial charge in [-0.2, -0.15) is 0 Å². The molecule has 1 aromatic rings. The number of benzene rings is 1. The van der Waals surface area contributed by atoms with E-state index in [0.717, 1.165) is 3.57 Å². The number of carbonyl (C=O) groups excluding carboxylic acids is 3. The third kappa shape index (κ3) is 4.66. The van der Waals surface area contributed by atoms with Crippen LogP contribution in [-0.4, -0.2) is 49.4 Å². The minimum Gasteiger partial charge on any atom is -0.469 e. The van der Waals surface area contributed by atoms with E-state index in [2.05, 4.69) is 27.9 Å². The smallest absolute Gasteiger partial charge is 0.308 e. The Bertz CT molecular complexity index is 597. The number of piperidine rings is 1. The van der Waals surface area contributed by atoms with Crippen LogP contribution in [-0.2, 0) is 14.3 Å². The zero-order chi connectivity index (χ0) is 16.8. The van der Waals surface area contributed by atoms with Crippen LogP contribution in [0.2, 0.25) is 0 Å². The summed E-state index contributed by atoms with van der Waals surface area (Å²) >= 11 is 2.09. The molecule has 2 amide bonds. The first-order valence-corrected chi connectivity index (χ1v) is 8.49. The molecule has 1 aliphatic rings. The number of methoxy groups -OCH3 is 1. The molecule has 0 saturated carbocycles. The van der Waals surface area contributed by atoms with Crippen molar-refractivity contribution in [2.24, 2.45) is 5.92 Å². The summed E-state index contributed by atoms with van der Waals surface area (Å²) in [7, 11) is 1.38. The summed E-state index contributed by atoms with van der Waals surface area (Å²) < 4.78 is 5.57. The minimum absolute atomic E-state index is 0.0350. The van der Waals surface area contributed by atoms with E-state index in [1.807, 2.05) is 12.1 Å². The molecule has 0 aliphatic carbocycles. The number of carbonyl (C=O) groups is 3. The lowest BCUT2D eigenvalue weighted by atomic mass is 9.97. The van der Waals surface area contributed by atoms with Gasteiger partial charge in [-0.1, -0.05) is 12.1 Å². The van der Waals surface area contributed by atoms with Gasteiger partial charge in [-0.05, 0) is 47.6 Å². The van der Waals surface area contributed by atoms with Crippen molar-refractivity contribution in [2.75, 3.05) is 26.7 Å². The summed E-state index contributed by atoms with van der Waals surface area (Å²) in [5.74, 6) is -0.742. The van der Waals surface area contributed by atoms with Crippen LogP contribution >= 0.6 is 22.6 Å². The van der Waals surface area contributed by atoms with Gasteiger partial charge in [0.05, 0.1) is 25.1 Å². The van der Waals surface area contributed by atoms with Gasteiger partial charge < -0.3 is 15.0 Å². The van der Waals surface area contributed by atoms with E-state index in [4.69, 9.17) is 4.74 Å². The summed E-state index contributed by atoms with van der Waals surface area (Å²) in [4.78, 5) is 37.4. The molecule has 0 atom stereocenters. The molecule has 0 unspecified atom stereocenters. The molecule has 2 rings (SSSR count). The minimum atomic E-state index is -0.257. The first-order chi connectivity index (χ1) is 11.0. The molecule has 7 heteroatoms. The van der Waals surface area contributed by atoms with E-state index in [0.29, 0.717) is 31.5 Å². The lowest BCUT2D eigenvalue weighted by Crippen LogP contribution is -2.45. The van der Waals surface area contributed by atoms with Gasteiger partial charge in [-0.15, -0.1) is 0 Å². The Morgan fingerprint density at radius 1 is 1.26 bits per heavy atom. The zero-order valence-electron chi connectivity index (χ0n) is 12.9. The first-order valence-electron chi connectivity index (χ1n) is 7.41. The Hall–Kier alpha value is -1.64. The molecule has 1 N–H and O–H groups in total.